The lowest BCUT2D eigenvalue weighted by Crippen LogP contribution is -2.54. The maximum atomic E-state index is 13.4. The summed E-state index contributed by atoms with van der Waals surface area (Å²) in [6.07, 6.45) is 8.92. The number of amides is 2. The Morgan fingerprint density at radius 1 is 1.18 bits per heavy atom. The third kappa shape index (κ3) is 3.34. The van der Waals surface area contributed by atoms with E-state index in [1.54, 1.807) is 0 Å². The van der Waals surface area contributed by atoms with Gasteiger partial charge in [0.15, 0.2) is 5.69 Å². The number of hydrogen-bond donors (Lipinski definition) is 2. The van der Waals surface area contributed by atoms with E-state index in [0.717, 1.165) is 62.7 Å². The van der Waals surface area contributed by atoms with Crippen molar-refractivity contribution in [3.05, 3.63) is 17.0 Å². The van der Waals surface area contributed by atoms with Crippen LogP contribution in [0.4, 0.5) is 0 Å². The highest BCUT2D eigenvalue weighted by molar-refractivity contribution is 5.92. The standard InChI is InChI=1S/C21H32N4O3/c1-13-11-15(16-17(19(23)26)24-28-18(16)14-5-6-14)7-10-25(13)20(27)21(12-22)8-3-2-4-9-21/h13-15H,2-12,22H2,1H3,(H2,23,26). The van der Waals surface area contributed by atoms with Crippen LogP contribution in [0.25, 0.3) is 0 Å². The molecule has 28 heavy (non-hydrogen) atoms. The normalized spacial score (nSPS) is 27.6. The Bertz CT molecular complexity index is 749. The minimum atomic E-state index is -0.527. The van der Waals surface area contributed by atoms with E-state index in [9.17, 15) is 9.59 Å². The molecule has 1 aromatic heterocycles. The molecule has 3 aliphatic rings. The van der Waals surface area contributed by atoms with Gasteiger partial charge in [-0.2, -0.15) is 0 Å². The summed E-state index contributed by atoms with van der Waals surface area (Å²) in [6, 6.07) is 0.0966. The second kappa shape index (κ2) is 7.50. The molecule has 0 aromatic carbocycles. The molecule has 1 saturated heterocycles. The van der Waals surface area contributed by atoms with Crippen molar-refractivity contribution >= 4 is 11.8 Å². The van der Waals surface area contributed by atoms with Crippen LogP contribution in [0, 0.1) is 5.41 Å². The number of likely N-dealkylation sites (tertiary alicyclic amines) is 1. The smallest absolute Gasteiger partial charge is 0.271 e. The minimum Gasteiger partial charge on any atom is -0.364 e. The monoisotopic (exact) mass is 388 g/mol. The Kier molecular flexibility index (Phi) is 5.21. The molecular weight excluding hydrogens is 356 g/mol. The maximum Gasteiger partial charge on any atom is 0.271 e. The van der Waals surface area contributed by atoms with Gasteiger partial charge in [0.25, 0.3) is 5.91 Å². The van der Waals surface area contributed by atoms with E-state index >= 15 is 0 Å². The lowest BCUT2D eigenvalue weighted by molar-refractivity contribution is -0.147. The molecule has 2 amide bonds. The lowest BCUT2D eigenvalue weighted by atomic mass is 9.72. The van der Waals surface area contributed by atoms with Crippen molar-refractivity contribution in [2.45, 2.75) is 82.6 Å². The molecule has 4 rings (SSSR count). The van der Waals surface area contributed by atoms with E-state index in [-0.39, 0.29) is 29.0 Å². The summed E-state index contributed by atoms with van der Waals surface area (Å²) in [4.78, 5) is 27.3. The van der Waals surface area contributed by atoms with Crippen molar-refractivity contribution in [2.24, 2.45) is 16.9 Å². The number of primary amides is 1. The number of aromatic nitrogens is 1. The SMILES string of the molecule is CC1CC(c2c(C(N)=O)noc2C2CC2)CCN1C(=O)C1(CN)CCCCC1. The highest BCUT2D eigenvalue weighted by Gasteiger charge is 2.45. The number of hydrogen-bond acceptors (Lipinski definition) is 5. The maximum absolute atomic E-state index is 13.4. The molecule has 0 radical (unpaired) electrons. The number of carbonyl (C=O) groups excluding carboxylic acids is 2. The van der Waals surface area contributed by atoms with Crippen molar-refractivity contribution in [1.29, 1.82) is 0 Å². The summed E-state index contributed by atoms with van der Waals surface area (Å²) in [5.74, 6) is 1.07. The van der Waals surface area contributed by atoms with Crippen LogP contribution < -0.4 is 11.5 Å². The summed E-state index contributed by atoms with van der Waals surface area (Å²) < 4.78 is 5.52. The van der Waals surface area contributed by atoms with E-state index in [0.29, 0.717) is 19.0 Å². The zero-order valence-corrected chi connectivity index (χ0v) is 16.8. The Morgan fingerprint density at radius 3 is 2.46 bits per heavy atom. The van der Waals surface area contributed by atoms with Crippen molar-refractivity contribution in [2.75, 3.05) is 13.1 Å². The van der Waals surface area contributed by atoms with Crippen LogP contribution in [-0.2, 0) is 4.79 Å². The van der Waals surface area contributed by atoms with E-state index < -0.39 is 5.91 Å². The molecule has 7 nitrogen and oxygen atoms in total. The van der Waals surface area contributed by atoms with Crippen LogP contribution in [-0.4, -0.2) is 41.0 Å². The van der Waals surface area contributed by atoms with Gasteiger partial charge in [0.05, 0.1) is 5.41 Å². The van der Waals surface area contributed by atoms with Crippen LogP contribution >= 0.6 is 0 Å². The second-order valence-electron chi connectivity index (χ2n) is 9.06. The Labute approximate surface area is 166 Å². The molecule has 2 heterocycles. The molecule has 2 unspecified atom stereocenters. The molecule has 2 atom stereocenters. The average Bonchev–Trinajstić information content (AvgIpc) is 3.45. The number of rotatable bonds is 5. The molecule has 1 aromatic rings. The fraction of sp³-hybridized carbons (Fsp3) is 0.762. The van der Waals surface area contributed by atoms with Gasteiger partial charge in [-0.25, -0.2) is 0 Å². The van der Waals surface area contributed by atoms with Crippen molar-refractivity contribution in [1.82, 2.24) is 10.1 Å². The van der Waals surface area contributed by atoms with Crippen molar-refractivity contribution in [3.63, 3.8) is 0 Å². The first kappa shape index (κ1) is 19.4. The summed E-state index contributed by atoms with van der Waals surface area (Å²) in [5, 5.41) is 3.98. The fourth-order valence-corrected chi connectivity index (χ4v) is 5.30. The first-order valence-electron chi connectivity index (χ1n) is 10.8. The van der Waals surface area contributed by atoms with Crippen LogP contribution in [0.2, 0.25) is 0 Å². The Hall–Kier alpha value is -1.89. The van der Waals surface area contributed by atoms with E-state index in [2.05, 4.69) is 12.1 Å². The average molecular weight is 389 g/mol. The first-order valence-corrected chi connectivity index (χ1v) is 10.8. The molecule has 2 saturated carbocycles. The zero-order chi connectivity index (χ0) is 19.9. The summed E-state index contributed by atoms with van der Waals surface area (Å²) in [7, 11) is 0. The molecule has 0 bridgehead atoms. The summed E-state index contributed by atoms with van der Waals surface area (Å²) in [5.41, 5.74) is 12.5. The largest absolute Gasteiger partial charge is 0.364 e. The highest BCUT2D eigenvalue weighted by atomic mass is 16.5. The van der Waals surface area contributed by atoms with Gasteiger partial charge in [0.2, 0.25) is 5.91 Å². The van der Waals surface area contributed by atoms with E-state index in [1.165, 1.54) is 6.42 Å². The van der Waals surface area contributed by atoms with Gasteiger partial charge >= 0.3 is 0 Å². The Morgan fingerprint density at radius 2 is 1.89 bits per heavy atom. The first-order chi connectivity index (χ1) is 13.5. The quantitative estimate of drug-likeness (QED) is 0.804. The Balaban J connectivity index is 1.52. The number of nitrogens with zero attached hydrogens (tertiary/aromatic N) is 2. The van der Waals surface area contributed by atoms with Crippen LogP contribution in [0.15, 0.2) is 4.52 Å². The molecule has 4 N–H and O–H groups in total. The van der Waals surface area contributed by atoms with Crippen LogP contribution in [0.3, 0.4) is 0 Å². The number of nitrogens with two attached hydrogens (primary N) is 2. The van der Waals surface area contributed by atoms with Crippen LogP contribution in [0.5, 0.6) is 0 Å². The van der Waals surface area contributed by atoms with Crippen molar-refractivity contribution < 1.29 is 14.1 Å². The van der Waals surface area contributed by atoms with E-state index in [1.807, 2.05) is 4.90 Å². The zero-order valence-electron chi connectivity index (χ0n) is 16.8. The van der Waals surface area contributed by atoms with Gasteiger partial charge in [-0.15, -0.1) is 0 Å². The van der Waals surface area contributed by atoms with Crippen molar-refractivity contribution in [3.8, 4) is 0 Å². The minimum absolute atomic E-state index is 0.0966. The fourth-order valence-electron chi connectivity index (χ4n) is 5.30. The van der Waals surface area contributed by atoms with Gasteiger partial charge in [-0.05, 0) is 51.4 Å². The predicted molar refractivity (Wildman–Crippen MR) is 105 cm³/mol. The van der Waals surface area contributed by atoms with Gasteiger partial charge in [-0.1, -0.05) is 24.4 Å². The molecule has 2 aliphatic carbocycles. The number of carbonyl (C=O) groups is 2. The molecule has 154 valence electrons. The topological polar surface area (TPSA) is 115 Å². The third-order valence-electron chi connectivity index (χ3n) is 7.14. The summed E-state index contributed by atoms with van der Waals surface area (Å²) in [6.45, 7) is 3.22. The molecule has 3 fully saturated rings. The third-order valence-corrected chi connectivity index (χ3v) is 7.14. The second-order valence-corrected chi connectivity index (χ2v) is 9.06. The van der Waals surface area contributed by atoms with Gasteiger partial charge in [0.1, 0.15) is 5.76 Å². The summed E-state index contributed by atoms with van der Waals surface area (Å²) >= 11 is 0. The predicted octanol–water partition coefficient (Wildman–Crippen LogP) is 2.65. The highest BCUT2D eigenvalue weighted by Crippen LogP contribution is 2.47. The van der Waals surface area contributed by atoms with Gasteiger partial charge < -0.3 is 20.9 Å². The number of piperidine rings is 1. The van der Waals surface area contributed by atoms with Gasteiger partial charge in [-0.3, -0.25) is 9.59 Å². The molecule has 1 aliphatic heterocycles. The molecular formula is C21H32N4O3. The van der Waals surface area contributed by atoms with E-state index in [4.69, 9.17) is 16.0 Å². The molecule has 0 spiro atoms. The molecule has 7 heteroatoms. The lowest BCUT2D eigenvalue weighted by Gasteiger charge is -2.44. The van der Waals surface area contributed by atoms with Gasteiger partial charge in [0, 0.05) is 30.6 Å². The van der Waals surface area contributed by atoms with Crippen LogP contribution in [0.1, 0.15) is 98.4 Å².